The van der Waals surface area contributed by atoms with E-state index < -0.39 is 37.2 Å². The van der Waals surface area contributed by atoms with Crippen molar-refractivity contribution in [3.8, 4) is 0 Å². The third-order valence-electron chi connectivity index (χ3n) is 8.48. The van der Waals surface area contributed by atoms with E-state index in [9.17, 15) is 0 Å². The van der Waals surface area contributed by atoms with Gasteiger partial charge >= 0.3 is 0 Å². The van der Waals surface area contributed by atoms with Gasteiger partial charge in [0.1, 0.15) is 32.0 Å². The van der Waals surface area contributed by atoms with Gasteiger partial charge in [-0.05, 0) is 60.0 Å². The van der Waals surface area contributed by atoms with Crippen LogP contribution >= 0.6 is 0 Å². The molecular formula is C29H58O8Si3. The smallest absolute Gasteiger partial charge is 0.238 e. The van der Waals surface area contributed by atoms with Gasteiger partial charge in [-0.15, -0.1) is 0 Å². The summed E-state index contributed by atoms with van der Waals surface area (Å²) in [5.41, 5.74) is 0.998. The highest BCUT2D eigenvalue weighted by Gasteiger charge is 2.44. The molecule has 0 radical (unpaired) electrons. The Kier molecular flexibility index (Phi) is 13.9. The van der Waals surface area contributed by atoms with Gasteiger partial charge in [-0.1, -0.05) is 92.6 Å². The minimum absolute atomic E-state index is 0.0171. The van der Waals surface area contributed by atoms with Crippen LogP contribution in [0.25, 0.3) is 0 Å². The molecule has 1 aromatic rings. The second-order valence-electron chi connectivity index (χ2n) is 15.1. The summed E-state index contributed by atoms with van der Waals surface area (Å²) in [6, 6.07) is 9.83. The first kappa shape index (κ1) is 37.6. The largest absolute Gasteiger partial charge is 0.286 e. The topological polar surface area (TPSA) is 73.8 Å². The Morgan fingerprint density at radius 1 is 0.525 bits per heavy atom. The van der Waals surface area contributed by atoms with Gasteiger partial charge in [-0.3, -0.25) is 13.7 Å². The van der Waals surface area contributed by atoms with Crippen molar-refractivity contribution in [2.24, 2.45) is 0 Å². The molecule has 1 aromatic carbocycles. The molecular weight excluding hydrogens is 561 g/mol. The first-order chi connectivity index (χ1) is 18.0. The highest BCUT2D eigenvalue weighted by atomic mass is 28.4. The van der Waals surface area contributed by atoms with E-state index in [0.29, 0.717) is 6.61 Å². The van der Waals surface area contributed by atoms with Crippen molar-refractivity contribution in [2.75, 3.05) is 13.2 Å². The van der Waals surface area contributed by atoms with Crippen LogP contribution in [0.15, 0.2) is 30.3 Å². The number of benzene rings is 1. The van der Waals surface area contributed by atoms with Crippen molar-refractivity contribution < 1.29 is 38.2 Å². The predicted molar refractivity (Wildman–Crippen MR) is 168 cm³/mol. The minimum Gasteiger partial charge on any atom is -0.286 e. The van der Waals surface area contributed by atoms with E-state index in [1.165, 1.54) is 0 Å². The zero-order valence-electron chi connectivity index (χ0n) is 27.9. The highest BCUT2D eigenvalue weighted by molar-refractivity contribution is 6.74. The van der Waals surface area contributed by atoms with Crippen LogP contribution in [-0.4, -0.2) is 50.4 Å². The lowest BCUT2D eigenvalue weighted by Gasteiger charge is -2.39. The van der Waals surface area contributed by atoms with Crippen LogP contribution < -0.4 is 0 Å². The summed E-state index contributed by atoms with van der Waals surface area (Å²) in [6.07, 6.45) is -1.42. The van der Waals surface area contributed by atoms with E-state index in [4.69, 9.17) is 38.2 Å². The Hall–Kier alpha value is -0.449. The average molecular weight is 619 g/mol. The molecule has 0 aliphatic carbocycles. The van der Waals surface area contributed by atoms with Crippen LogP contribution in [0.3, 0.4) is 0 Å². The first-order valence-electron chi connectivity index (χ1n) is 14.3. The quantitative estimate of drug-likeness (QED) is 0.0788. The van der Waals surface area contributed by atoms with Crippen LogP contribution in [0, 0.1) is 0 Å². The van der Waals surface area contributed by atoms with Crippen LogP contribution in [0.1, 0.15) is 67.9 Å². The molecule has 0 bridgehead atoms. The molecule has 0 spiro atoms. The second kappa shape index (κ2) is 14.8. The zero-order chi connectivity index (χ0) is 31.0. The fourth-order valence-corrected chi connectivity index (χ4v) is 4.02. The van der Waals surface area contributed by atoms with Crippen molar-refractivity contribution in [3.05, 3.63) is 35.9 Å². The fraction of sp³-hybridized carbons (Fsp3) is 0.793. The summed E-state index contributed by atoms with van der Waals surface area (Å²) >= 11 is 0. The summed E-state index contributed by atoms with van der Waals surface area (Å²) < 4.78 is 18.3. The van der Waals surface area contributed by atoms with Gasteiger partial charge in [0, 0.05) is 0 Å². The van der Waals surface area contributed by atoms with E-state index in [1.54, 1.807) is 0 Å². The summed E-state index contributed by atoms with van der Waals surface area (Å²) in [5, 5.41) is -0.131. The van der Waals surface area contributed by atoms with Gasteiger partial charge in [0.25, 0.3) is 0 Å². The standard InChI is InChI=1S/C29H58O8Si3/c1-27(2,3)38(10,11)35-32-23-26(34-37-40(14,15)29(7,8)9)25(33-36-39(12,13)28(4,5)6)22-31-30-21-24-19-17-16-18-20-24/h16-20,25-26H,21-23H2,1-15H3/t25-,26-/m0/s1. The first-order valence-corrected chi connectivity index (χ1v) is 23.0. The Labute approximate surface area is 247 Å². The van der Waals surface area contributed by atoms with Crippen molar-refractivity contribution in [1.82, 2.24) is 0 Å². The molecule has 0 aliphatic heterocycles. The molecule has 0 aromatic heterocycles. The molecule has 2 atom stereocenters. The maximum absolute atomic E-state index is 6.16. The molecule has 0 heterocycles. The maximum Gasteiger partial charge on any atom is 0.238 e. The maximum atomic E-state index is 6.16. The molecule has 0 unspecified atom stereocenters. The number of rotatable bonds is 16. The molecule has 0 saturated carbocycles. The third-order valence-corrected chi connectivity index (χ3v) is 20.9. The molecule has 40 heavy (non-hydrogen) atoms. The summed E-state index contributed by atoms with van der Waals surface area (Å²) in [6.45, 7) is 32.6. The summed E-state index contributed by atoms with van der Waals surface area (Å²) in [5.74, 6) is 0. The Morgan fingerprint density at radius 3 is 1.30 bits per heavy atom. The SMILES string of the molecule is CC(C)(C)[Si](C)(C)OOC[C@H](OO[Si](C)(C)C(C)(C)C)[C@H](COOCc1ccccc1)OO[Si](C)(C)C(C)(C)C. The molecule has 0 aliphatic rings. The van der Waals surface area contributed by atoms with Crippen LogP contribution in [0.5, 0.6) is 0 Å². The van der Waals surface area contributed by atoms with Crippen LogP contribution in [0.4, 0.5) is 0 Å². The Morgan fingerprint density at radius 2 is 0.900 bits per heavy atom. The Bertz CT molecular complexity index is 859. The molecule has 0 N–H and O–H groups in total. The normalized spacial score (nSPS) is 15.8. The van der Waals surface area contributed by atoms with E-state index in [0.717, 1.165) is 5.56 Å². The van der Waals surface area contributed by atoms with Crippen LogP contribution in [0.2, 0.25) is 54.4 Å². The van der Waals surface area contributed by atoms with E-state index in [1.807, 2.05) is 30.3 Å². The molecule has 234 valence electrons. The molecule has 11 heteroatoms. The lowest BCUT2D eigenvalue weighted by atomic mass is 10.2. The number of hydrogen-bond acceptors (Lipinski definition) is 8. The molecule has 0 saturated heterocycles. The lowest BCUT2D eigenvalue weighted by Crippen LogP contribution is -2.49. The van der Waals surface area contributed by atoms with E-state index >= 15 is 0 Å². The van der Waals surface area contributed by atoms with Gasteiger partial charge in [0.05, 0.1) is 0 Å². The van der Waals surface area contributed by atoms with Crippen molar-refractivity contribution in [3.63, 3.8) is 0 Å². The molecule has 8 nitrogen and oxygen atoms in total. The van der Waals surface area contributed by atoms with Crippen molar-refractivity contribution in [2.45, 2.75) is 136 Å². The van der Waals surface area contributed by atoms with Gasteiger partial charge in [0.2, 0.25) is 25.0 Å². The predicted octanol–water partition coefficient (Wildman–Crippen LogP) is 8.73. The van der Waals surface area contributed by atoms with Crippen molar-refractivity contribution in [1.29, 1.82) is 0 Å². The molecule has 1 rings (SSSR count). The average Bonchev–Trinajstić information content (AvgIpc) is 2.79. The molecule has 0 fully saturated rings. The van der Waals surface area contributed by atoms with E-state index in [-0.39, 0.29) is 28.3 Å². The second-order valence-corrected chi connectivity index (χ2v) is 29.2. The van der Waals surface area contributed by atoms with Crippen molar-refractivity contribution >= 4 is 25.0 Å². The lowest BCUT2D eigenvalue weighted by molar-refractivity contribution is -0.388. The minimum atomic E-state index is -2.26. The van der Waals surface area contributed by atoms with E-state index in [2.05, 4.69) is 102 Å². The summed E-state index contributed by atoms with van der Waals surface area (Å²) in [7, 11) is -6.69. The Balaban J connectivity index is 3.13. The van der Waals surface area contributed by atoms with Gasteiger partial charge in [-0.25, -0.2) is 24.4 Å². The zero-order valence-corrected chi connectivity index (χ0v) is 30.9. The monoisotopic (exact) mass is 618 g/mol. The highest BCUT2D eigenvalue weighted by Crippen LogP contribution is 2.39. The van der Waals surface area contributed by atoms with Gasteiger partial charge in [-0.2, -0.15) is 0 Å². The number of hydrogen-bond donors (Lipinski definition) is 0. The third kappa shape index (κ3) is 12.0. The van der Waals surface area contributed by atoms with Crippen LogP contribution in [-0.2, 0) is 44.8 Å². The fourth-order valence-electron chi connectivity index (χ4n) is 2.18. The summed E-state index contributed by atoms with van der Waals surface area (Å²) in [4.78, 5) is 29.2. The molecule has 0 amide bonds. The van der Waals surface area contributed by atoms with Gasteiger partial charge in [0.15, 0.2) is 0 Å². The van der Waals surface area contributed by atoms with Gasteiger partial charge < -0.3 is 0 Å².